The van der Waals surface area contributed by atoms with Gasteiger partial charge in [-0.05, 0) is 5.92 Å². The van der Waals surface area contributed by atoms with Crippen LogP contribution in [0.4, 0.5) is 4.79 Å². The number of ether oxygens (including phenoxy) is 1. The molecule has 0 fully saturated rings. The van der Waals surface area contributed by atoms with Crippen LogP contribution >= 0.6 is 0 Å². The summed E-state index contributed by atoms with van der Waals surface area (Å²) < 4.78 is 4.95. The third-order valence-corrected chi connectivity index (χ3v) is 3.03. The lowest BCUT2D eigenvalue weighted by molar-refractivity contribution is -0.140. The molecular formula is C12H23N3O5. The van der Waals surface area contributed by atoms with Crippen LogP contribution in [-0.4, -0.2) is 48.8 Å². The van der Waals surface area contributed by atoms with Crippen LogP contribution in [0, 0.1) is 5.92 Å². The number of amides is 3. The molecule has 20 heavy (non-hydrogen) atoms. The first-order valence-corrected chi connectivity index (χ1v) is 6.40. The Hall–Kier alpha value is -1.83. The molecule has 0 saturated carbocycles. The van der Waals surface area contributed by atoms with Crippen LogP contribution in [0.25, 0.3) is 0 Å². The molecule has 0 radical (unpaired) electrons. The van der Waals surface area contributed by atoms with Gasteiger partial charge in [0.2, 0.25) is 5.91 Å². The van der Waals surface area contributed by atoms with E-state index in [-0.39, 0.29) is 18.9 Å². The summed E-state index contributed by atoms with van der Waals surface area (Å²) in [6, 6.07) is -1.53. The Labute approximate surface area is 118 Å². The number of nitrogens with one attached hydrogen (secondary N) is 2. The lowest BCUT2D eigenvalue weighted by Crippen LogP contribution is -2.53. The van der Waals surface area contributed by atoms with Crippen molar-refractivity contribution in [2.75, 3.05) is 13.7 Å². The molecule has 0 rings (SSSR count). The number of carbonyl (C=O) groups excluding carboxylic acids is 2. The summed E-state index contributed by atoms with van der Waals surface area (Å²) in [6.07, 6.45) is -0.155. The van der Waals surface area contributed by atoms with E-state index in [2.05, 4.69) is 10.6 Å². The van der Waals surface area contributed by atoms with Gasteiger partial charge in [-0.3, -0.25) is 9.59 Å². The molecule has 0 aromatic heterocycles. The molecule has 5 N–H and O–H groups in total. The fraction of sp³-hybridized carbons (Fsp3) is 0.750. The third kappa shape index (κ3) is 6.93. The molecule has 0 aromatic carbocycles. The number of carboxylic acid groups (broad SMARTS) is 1. The maximum Gasteiger partial charge on any atom is 0.312 e. The molecular weight excluding hydrogens is 266 g/mol. The molecule has 0 aliphatic carbocycles. The van der Waals surface area contributed by atoms with Crippen LogP contribution in [0.15, 0.2) is 0 Å². The molecule has 0 heterocycles. The van der Waals surface area contributed by atoms with Crippen molar-refractivity contribution in [1.29, 1.82) is 0 Å². The number of rotatable bonds is 9. The van der Waals surface area contributed by atoms with Gasteiger partial charge in [-0.1, -0.05) is 20.3 Å². The molecule has 0 spiro atoms. The molecule has 0 aliphatic rings. The van der Waals surface area contributed by atoms with Crippen molar-refractivity contribution >= 4 is 17.9 Å². The number of nitrogens with two attached hydrogens (primary N) is 1. The number of hydrogen-bond donors (Lipinski definition) is 4. The Morgan fingerprint density at radius 3 is 2.35 bits per heavy atom. The first kappa shape index (κ1) is 18.2. The summed E-state index contributed by atoms with van der Waals surface area (Å²) >= 11 is 0. The highest BCUT2D eigenvalue weighted by Gasteiger charge is 2.25. The Balaban J connectivity index is 4.51. The fourth-order valence-corrected chi connectivity index (χ4v) is 1.61. The Morgan fingerprint density at radius 2 is 1.95 bits per heavy atom. The Kier molecular flexibility index (Phi) is 8.30. The predicted molar refractivity (Wildman–Crippen MR) is 72.0 cm³/mol. The summed E-state index contributed by atoms with van der Waals surface area (Å²) in [5.74, 6) is -1.52. The summed E-state index contributed by atoms with van der Waals surface area (Å²) in [5, 5.41) is 13.6. The highest BCUT2D eigenvalue weighted by Crippen LogP contribution is 2.08. The topological polar surface area (TPSA) is 131 Å². The first-order chi connectivity index (χ1) is 9.31. The second-order valence-corrected chi connectivity index (χ2v) is 4.57. The van der Waals surface area contributed by atoms with E-state index < -0.39 is 30.1 Å². The van der Waals surface area contributed by atoms with Crippen LogP contribution in [0.1, 0.15) is 26.7 Å². The number of primary amides is 1. The van der Waals surface area contributed by atoms with Crippen molar-refractivity contribution in [3.63, 3.8) is 0 Å². The second kappa shape index (κ2) is 9.13. The van der Waals surface area contributed by atoms with E-state index in [1.54, 1.807) is 0 Å². The van der Waals surface area contributed by atoms with E-state index in [4.69, 9.17) is 15.6 Å². The number of methoxy groups -OCH3 is 1. The minimum atomic E-state index is -1.01. The minimum absolute atomic E-state index is 0.0506. The monoisotopic (exact) mass is 289 g/mol. The van der Waals surface area contributed by atoms with Crippen molar-refractivity contribution in [1.82, 2.24) is 10.6 Å². The van der Waals surface area contributed by atoms with Gasteiger partial charge in [0.15, 0.2) is 0 Å². The summed E-state index contributed by atoms with van der Waals surface area (Å²) in [7, 11) is 1.37. The number of hydrogen-bond acceptors (Lipinski definition) is 4. The molecule has 8 heteroatoms. The summed E-state index contributed by atoms with van der Waals surface area (Å²) in [4.78, 5) is 33.5. The van der Waals surface area contributed by atoms with Crippen LogP contribution in [-0.2, 0) is 14.3 Å². The van der Waals surface area contributed by atoms with Crippen molar-refractivity contribution in [2.24, 2.45) is 11.7 Å². The zero-order chi connectivity index (χ0) is 15.7. The molecule has 116 valence electrons. The van der Waals surface area contributed by atoms with Gasteiger partial charge in [0.05, 0.1) is 12.5 Å². The maximum atomic E-state index is 12.0. The fourth-order valence-electron chi connectivity index (χ4n) is 1.61. The van der Waals surface area contributed by atoms with Crippen molar-refractivity contribution in [2.45, 2.75) is 38.8 Å². The van der Waals surface area contributed by atoms with E-state index in [1.807, 2.05) is 13.8 Å². The zero-order valence-electron chi connectivity index (χ0n) is 12.0. The Bertz CT molecular complexity index is 348. The normalized spacial score (nSPS) is 14.9. The zero-order valence-corrected chi connectivity index (χ0v) is 12.0. The molecule has 0 aliphatic heterocycles. The average Bonchev–Trinajstić information content (AvgIpc) is 2.38. The van der Waals surface area contributed by atoms with Gasteiger partial charge < -0.3 is 26.2 Å². The van der Waals surface area contributed by atoms with Crippen molar-refractivity contribution in [3.05, 3.63) is 0 Å². The van der Waals surface area contributed by atoms with Gasteiger partial charge in [-0.2, -0.15) is 0 Å². The second-order valence-electron chi connectivity index (χ2n) is 4.57. The molecule has 0 aromatic rings. The van der Waals surface area contributed by atoms with Gasteiger partial charge in [0.1, 0.15) is 6.04 Å². The standard InChI is InChI=1S/C12H23N3O5/c1-4-7(2)10(15-12(13)19)11(18)14-6-8(20-3)5-9(16)17/h7-8,10H,4-6H2,1-3H3,(H,14,18)(H,16,17)(H3,13,15,19). The molecule has 3 atom stereocenters. The lowest BCUT2D eigenvalue weighted by Gasteiger charge is -2.23. The van der Waals surface area contributed by atoms with E-state index in [1.165, 1.54) is 7.11 Å². The van der Waals surface area contributed by atoms with Crippen LogP contribution in [0.5, 0.6) is 0 Å². The van der Waals surface area contributed by atoms with Gasteiger partial charge in [0.25, 0.3) is 0 Å². The molecule has 0 bridgehead atoms. The first-order valence-electron chi connectivity index (χ1n) is 6.40. The van der Waals surface area contributed by atoms with Gasteiger partial charge in [0, 0.05) is 13.7 Å². The molecule has 3 amide bonds. The predicted octanol–water partition coefficient (Wildman–Crippen LogP) is -0.325. The van der Waals surface area contributed by atoms with E-state index in [0.717, 1.165) is 0 Å². The number of carbonyl (C=O) groups is 3. The molecule has 0 saturated heterocycles. The van der Waals surface area contributed by atoms with Crippen LogP contribution in [0.3, 0.4) is 0 Å². The van der Waals surface area contributed by atoms with Crippen LogP contribution in [0.2, 0.25) is 0 Å². The highest BCUT2D eigenvalue weighted by molar-refractivity contribution is 5.86. The quantitative estimate of drug-likeness (QED) is 0.462. The molecule has 3 unspecified atom stereocenters. The van der Waals surface area contributed by atoms with Gasteiger partial charge in [-0.15, -0.1) is 0 Å². The minimum Gasteiger partial charge on any atom is -0.481 e. The third-order valence-electron chi connectivity index (χ3n) is 3.03. The van der Waals surface area contributed by atoms with Crippen molar-refractivity contribution in [3.8, 4) is 0 Å². The SMILES string of the molecule is CCC(C)C(NC(N)=O)C(=O)NCC(CC(=O)O)OC. The van der Waals surface area contributed by atoms with Crippen LogP contribution < -0.4 is 16.4 Å². The maximum absolute atomic E-state index is 12.0. The summed E-state index contributed by atoms with van der Waals surface area (Å²) in [6.45, 7) is 3.75. The number of aliphatic carboxylic acids is 1. The smallest absolute Gasteiger partial charge is 0.312 e. The largest absolute Gasteiger partial charge is 0.481 e. The summed E-state index contributed by atoms with van der Waals surface area (Å²) in [5.41, 5.74) is 5.04. The van der Waals surface area contributed by atoms with E-state index in [9.17, 15) is 14.4 Å². The Morgan fingerprint density at radius 1 is 1.35 bits per heavy atom. The van der Waals surface area contributed by atoms with E-state index in [0.29, 0.717) is 6.42 Å². The highest BCUT2D eigenvalue weighted by atomic mass is 16.5. The van der Waals surface area contributed by atoms with Gasteiger partial charge >= 0.3 is 12.0 Å². The lowest BCUT2D eigenvalue weighted by atomic mass is 9.98. The van der Waals surface area contributed by atoms with E-state index >= 15 is 0 Å². The van der Waals surface area contributed by atoms with Crippen molar-refractivity contribution < 1.29 is 24.2 Å². The molecule has 8 nitrogen and oxygen atoms in total. The number of urea groups is 1. The number of carboxylic acids is 1. The average molecular weight is 289 g/mol. The van der Waals surface area contributed by atoms with Gasteiger partial charge in [-0.25, -0.2) is 4.79 Å².